The first kappa shape index (κ1) is 20.4. The van der Waals surface area contributed by atoms with Gasteiger partial charge in [0, 0.05) is 23.2 Å². The van der Waals surface area contributed by atoms with E-state index in [-0.39, 0.29) is 11.5 Å². The van der Waals surface area contributed by atoms with Gasteiger partial charge in [-0.05, 0) is 48.9 Å². The van der Waals surface area contributed by atoms with E-state index in [9.17, 15) is 4.79 Å². The monoisotopic (exact) mass is 397 g/mol. The second kappa shape index (κ2) is 9.24. The van der Waals surface area contributed by atoms with Crippen LogP contribution in [-0.4, -0.2) is 16.1 Å². The molecule has 0 saturated carbocycles. The van der Waals surface area contributed by atoms with Gasteiger partial charge in [-0.25, -0.2) is 4.98 Å². The molecule has 1 heterocycles. The number of anilines is 1. The maximum Gasteiger partial charge on any atom is 0.265 e. The van der Waals surface area contributed by atoms with Gasteiger partial charge in [0.1, 0.15) is 5.82 Å². The number of hydrogen-bond donors (Lipinski definition) is 1. The molecule has 0 aliphatic rings. The van der Waals surface area contributed by atoms with Crippen molar-refractivity contribution in [3.8, 4) is 5.69 Å². The van der Waals surface area contributed by atoms with Crippen molar-refractivity contribution < 1.29 is 0 Å². The molecule has 28 heavy (non-hydrogen) atoms. The van der Waals surface area contributed by atoms with Crippen LogP contribution in [0.3, 0.4) is 0 Å². The van der Waals surface area contributed by atoms with Crippen LogP contribution in [0.4, 0.5) is 5.69 Å². The normalized spacial score (nSPS) is 11.3. The van der Waals surface area contributed by atoms with Crippen LogP contribution in [0.15, 0.2) is 47.3 Å². The smallest absolute Gasteiger partial charge is 0.265 e. The number of hydrogen-bond acceptors (Lipinski definition) is 3. The third-order valence-electron chi connectivity index (χ3n) is 4.86. The van der Waals surface area contributed by atoms with Gasteiger partial charge >= 0.3 is 0 Å². The third kappa shape index (κ3) is 4.56. The van der Waals surface area contributed by atoms with Crippen LogP contribution in [0.5, 0.6) is 0 Å². The van der Waals surface area contributed by atoms with Crippen LogP contribution < -0.4 is 10.9 Å². The second-order valence-electron chi connectivity index (χ2n) is 7.46. The van der Waals surface area contributed by atoms with Crippen molar-refractivity contribution in [1.82, 2.24) is 9.55 Å². The number of nitrogens with zero attached hydrogens (tertiary/aromatic N) is 2. The number of fused-ring (bicyclic) bond motifs is 1. The van der Waals surface area contributed by atoms with Crippen molar-refractivity contribution in [3.05, 3.63) is 63.7 Å². The average Bonchev–Trinajstić information content (AvgIpc) is 2.68. The zero-order valence-corrected chi connectivity index (χ0v) is 17.6. The van der Waals surface area contributed by atoms with Gasteiger partial charge in [0.15, 0.2) is 0 Å². The van der Waals surface area contributed by atoms with Crippen LogP contribution in [0.25, 0.3) is 16.6 Å². The Morgan fingerprint density at radius 3 is 2.50 bits per heavy atom. The van der Waals surface area contributed by atoms with E-state index >= 15 is 0 Å². The first-order chi connectivity index (χ1) is 13.5. The number of halogens is 1. The minimum atomic E-state index is -0.0504. The summed E-state index contributed by atoms with van der Waals surface area (Å²) in [6.07, 6.45) is 4.88. The van der Waals surface area contributed by atoms with E-state index in [4.69, 9.17) is 16.6 Å². The largest absolute Gasteiger partial charge is 0.385 e. The fraction of sp³-hybridized carbons (Fsp3) is 0.391. The van der Waals surface area contributed by atoms with Crippen LogP contribution in [0.2, 0.25) is 5.02 Å². The van der Waals surface area contributed by atoms with Crippen LogP contribution >= 0.6 is 11.6 Å². The standard InChI is InChI=1S/C23H28ClN3O/c1-4-5-6-7-14-25-18-10-13-20-21(15-18)26-22(16(2)3)27(23(20)28)19-11-8-17(24)9-12-19/h8-13,15-16,25H,4-7,14H2,1-3H3. The topological polar surface area (TPSA) is 46.9 Å². The van der Waals surface area contributed by atoms with Crippen molar-refractivity contribution in [2.45, 2.75) is 52.4 Å². The summed E-state index contributed by atoms with van der Waals surface area (Å²) in [6.45, 7) is 7.25. The van der Waals surface area contributed by atoms with Crippen LogP contribution in [0, 0.1) is 0 Å². The Hall–Kier alpha value is -2.33. The molecule has 148 valence electrons. The molecule has 2 aromatic carbocycles. The van der Waals surface area contributed by atoms with E-state index in [0.717, 1.165) is 35.7 Å². The molecule has 0 spiro atoms. The van der Waals surface area contributed by atoms with Gasteiger partial charge in [-0.15, -0.1) is 0 Å². The van der Waals surface area contributed by atoms with Crippen molar-refractivity contribution in [2.24, 2.45) is 0 Å². The summed E-state index contributed by atoms with van der Waals surface area (Å²) >= 11 is 6.01. The molecular formula is C23H28ClN3O. The number of benzene rings is 2. The first-order valence-corrected chi connectivity index (χ1v) is 10.5. The molecule has 5 heteroatoms. The van der Waals surface area contributed by atoms with E-state index in [0.29, 0.717) is 10.4 Å². The quantitative estimate of drug-likeness (QED) is 0.463. The number of aromatic nitrogens is 2. The summed E-state index contributed by atoms with van der Waals surface area (Å²) in [5.41, 5.74) is 2.48. The van der Waals surface area contributed by atoms with Gasteiger partial charge in [-0.2, -0.15) is 0 Å². The summed E-state index contributed by atoms with van der Waals surface area (Å²) in [4.78, 5) is 18.1. The molecule has 0 radical (unpaired) electrons. The molecule has 0 atom stereocenters. The van der Waals surface area contributed by atoms with E-state index in [1.54, 1.807) is 16.7 Å². The van der Waals surface area contributed by atoms with E-state index in [1.165, 1.54) is 19.3 Å². The predicted octanol–water partition coefficient (Wildman–Crippen LogP) is 6.15. The average molecular weight is 398 g/mol. The molecule has 0 fully saturated rings. The predicted molar refractivity (Wildman–Crippen MR) is 119 cm³/mol. The summed E-state index contributed by atoms with van der Waals surface area (Å²) in [5, 5.41) is 4.72. The van der Waals surface area contributed by atoms with Gasteiger partial charge in [0.2, 0.25) is 0 Å². The van der Waals surface area contributed by atoms with Crippen molar-refractivity contribution >= 4 is 28.2 Å². The molecular weight excluding hydrogens is 370 g/mol. The number of rotatable bonds is 8. The molecule has 0 aliphatic heterocycles. The minimum Gasteiger partial charge on any atom is -0.385 e. The van der Waals surface area contributed by atoms with Gasteiger partial charge < -0.3 is 5.32 Å². The Kier molecular flexibility index (Phi) is 6.74. The van der Waals surface area contributed by atoms with Gasteiger partial charge in [0.25, 0.3) is 5.56 Å². The SMILES string of the molecule is CCCCCCNc1ccc2c(=O)n(-c3ccc(Cl)cc3)c(C(C)C)nc2c1. The molecule has 0 amide bonds. The lowest BCUT2D eigenvalue weighted by Gasteiger charge is -2.16. The molecule has 0 aliphatic carbocycles. The Bertz CT molecular complexity index is 993. The van der Waals surface area contributed by atoms with Crippen molar-refractivity contribution in [2.75, 3.05) is 11.9 Å². The zero-order chi connectivity index (χ0) is 20.1. The highest BCUT2D eigenvalue weighted by Crippen LogP contribution is 2.22. The molecule has 1 aromatic heterocycles. The molecule has 3 rings (SSSR count). The lowest BCUT2D eigenvalue weighted by molar-refractivity contribution is 0.685. The van der Waals surface area contributed by atoms with Crippen molar-refractivity contribution in [3.63, 3.8) is 0 Å². The molecule has 0 saturated heterocycles. The molecule has 0 unspecified atom stereocenters. The lowest BCUT2D eigenvalue weighted by atomic mass is 10.1. The second-order valence-corrected chi connectivity index (χ2v) is 7.90. The summed E-state index contributed by atoms with van der Waals surface area (Å²) in [6, 6.07) is 13.1. The first-order valence-electron chi connectivity index (χ1n) is 10.1. The third-order valence-corrected chi connectivity index (χ3v) is 5.11. The van der Waals surface area contributed by atoms with Gasteiger partial charge in [0.05, 0.1) is 16.6 Å². The van der Waals surface area contributed by atoms with E-state index in [1.807, 2.05) is 30.3 Å². The summed E-state index contributed by atoms with van der Waals surface area (Å²) in [7, 11) is 0. The fourth-order valence-electron chi connectivity index (χ4n) is 3.32. The van der Waals surface area contributed by atoms with Crippen LogP contribution in [0.1, 0.15) is 58.2 Å². The van der Waals surface area contributed by atoms with Gasteiger partial charge in [-0.1, -0.05) is 51.6 Å². The molecule has 1 N–H and O–H groups in total. The minimum absolute atomic E-state index is 0.0504. The Balaban J connectivity index is 1.98. The number of unbranched alkanes of at least 4 members (excludes halogenated alkanes) is 3. The lowest BCUT2D eigenvalue weighted by Crippen LogP contribution is -2.24. The molecule has 0 bridgehead atoms. The summed E-state index contributed by atoms with van der Waals surface area (Å²) in [5.74, 6) is 0.860. The number of nitrogens with one attached hydrogen (secondary N) is 1. The highest BCUT2D eigenvalue weighted by Gasteiger charge is 2.15. The van der Waals surface area contributed by atoms with Crippen molar-refractivity contribution in [1.29, 1.82) is 0 Å². The van der Waals surface area contributed by atoms with E-state index < -0.39 is 0 Å². The van der Waals surface area contributed by atoms with Gasteiger partial charge in [-0.3, -0.25) is 9.36 Å². The Morgan fingerprint density at radius 2 is 1.82 bits per heavy atom. The highest BCUT2D eigenvalue weighted by atomic mass is 35.5. The maximum atomic E-state index is 13.3. The maximum absolute atomic E-state index is 13.3. The summed E-state index contributed by atoms with van der Waals surface area (Å²) < 4.78 is 1.70. The Labute approximate surface area is 171 Å². The molecule has 3 aromatic rings. The zero-order valence-electron chi connectivity index (χ0n) is 16.8. The van der Waals surface area contributed by atoms with Crippen LogP contribution in [-0.2, 0) is 0 Å². The van der Waals surface area contributed by atoms with E-state index in [2.05, 4.69) is 26.1 Å². The molecule has 4 nitrogen and oxygen atoms in total. The highest BCUT2D eigenvalue weighted by molar-refractivity contribution is 6.30. The fourth-order valence-corrected chi connectivity index (χ4v) is 3.45. The Morgan fingerprint density at radius 1 is 1.07 bits per heavy atom.